The fourth-order valence-corrected chi connectivity index (χ4v) is 2.14. The Kier molecular flexibility index (Phi) is 3.71. The standard InChI is InChI=1S/C12H16N4O3/c1-15-10(14-6-8-3-4-19-7-8)9(5-13)11(17)16(2)12(15)18/h8,14H,3-4,6-7H2,1-2H3/t8-/m1/s1. The number of hydrogen-bond acceptors (Lipinski definition) is 5. The third-order valence-corrected chi connectivity index (χ3v) is 3.36. The summed E-state index contributed by atoms with van der Waals surface area (Å²) in [6.07, 6.45) is 0.938. The first-order valence-electron chi connectivity index (χ1n) is 6.08. The Morgan fingerprint density at radius 2 is 2.16 bits per heavy atom. The van der Waals surface area contributed by atoms with Crippen molar-refractivity contribution in [2.45, 2.75) is 6.42 Å². The van der Waals surface area contributed by atoms with Crippen molar-refractivity contribution in [3.05, 3.63) is 26.4 Å². The first-order valence-corrected chi connectivity index (χ1v) is 6.08. The number of ether oxygens (including phenoxy) is 1. The third kappa shape index (κ3) is 2.39. The molecular formula is C12H16N4O3. The molecule has 7 nitrogen and oxygen atoms in total. The molecule has 1 aliphatic rings. The lowest BCUT2D eigenvalue weighted by molar-refractivity contribution is 0.187. The van der Waals surface area contributed by atoms with Gasteiger partial charge in [-0.05, 0) is 6.42 Å². The van der Waals surface area contributed by atoms with Crippen LogP contribution in [0.4, 0.5) is 5.82 Å². The van der Waals surface area contributed by atoms with E-state index in [0.29, 0.717) is 19.1 Å². The van der Waals surface area contributed by atoms with Crippen LogP contribution in [-0.2, 0) is 18.8 Å². The van der Waals surface area contributed by atoms with E-state index >= 15 is 0 Å². The number of hydrogen-bond donors (Lipinski definition) is 1. The molecule has 102 valence electrons. The summed E-state index contributed by atoms with van der Waals surface area (Å²) in [5.41, 5.74) is -1.06. The molecule has 19 heavy (non-hydrogen) atoms. The molecular weight excluding hydrogens is 248 g/mol. The van der Waals surface area contributed by atoms with Crippen molar-refractivity contribution in [2.75, 3.05) is 25.1 Å². The van der Waals surface area contributed by atoms with Gasteiger partial charge in [0.25, 0.3) is 5.56 Å². The number of nitriles is 1. The van der Waals surface area contributed by atoms with E-state index in [9.17, 15) is 9.59 Å². The summed E-state index contributed by atoms with van der Waals surface area (Å²) in [7, 11) is 2.90. The summed E-state index contributed by atoms with van der Waals surface area (Å²) < 4.78 is 7.48. The van der Waals surface area contributed by atoms with E-state index in [1.807, 2.05) is 6.07 Å². The SMILES string of the molecule is Cn1c(NC[C@H]2CCOC2)c(C#N)c(=O)n(C)c1=O. The maximum absolute atomic E-state index is 11.9. The summed E-state index contributed by atoms with van der Waals surface area (Å²) >= 11 is 0. The Morgan fingerprint density at radius 1 is 1.42 bits per heavy atom. The average Bonchev–Trinajstić information content (AvgIpc) is 2.92. The van der Waals surface area contributed by atoms with Gasteiger partial charge >= 0.3 is 5.69 Å². The van der Waals surface area contributed by atoms with E-state index in [0.717, 1.165) is 17.6 Å². The Bertz CT molecular complexity index is 632. The molecule has 7 heteroatoms. The number of nitrogens with one attached hydrogen (secondary N) is 1. The van der Waals surface area contributed by atoms with E-state index in [-0.39, 0.29) is 11.4 Å². The lowest BCUT2D eigenvalue weighted by Crippen LogP contribution is -2.40. The van der Waals surface area contributed by atoms with Crippen LogP contribution in [0.5, 0.6) is 0 Å². The minimum absolute atomic E-state index is 0.0384. The Morgan fingerprint density at radius 3 is 2.74 bits per heavy atom. The van der Waals surface area contributed by atoms with Crippen LogP contribution in [-0.4, -0.2) is 28.9 Å². The fraction of sp³-hybridized carbons (Fsp3) is 0.583. The predicted molar refractivity (Wildman–Crippen MR) is 69.1 cm³/mol. The largest absolute Gasteiger partial charge is 0.381 e. The summed E-state index contributed by atoms with van der Waals surface area (Å²) in [6, 6.07) is 1.86. The van der Waals surface area contributed by atoms with Gasteiger partial charge in [0.05, 0.1) is 6.61 Å². The minimum Gasteiger partial charge on any atom is -0.381 e. The van der Waals surface area contributed by atoms with Crippen LogP contribution in [0.2, 0.25) is 0 Å². The summed E-state index contributed by atoms with van der Waals surface area (Å²) in [4.78, 5) is 23.7. The summed E-state index contributed by atoms with van der Waals surface area (Å²) in [6.45, 7) is 1.97. The maximum Gasteiger partial charge on any atom is 0.332 e. The van der Waals surface area contributed by atoms with Gasteiger partial charge in [-0.25, -0.2) is 4.79 Å². The van der Waals surface area contributed by atoms with Crippen molar-refractivity contribution in [3.8, 4) is 6.07 Å². The Hall–Kier alpha value is -2.07. The molecule has 0 unspecified atom stereocenters. The number of rotatable bonds is 3. The third-order valence-electron chi connectivity index (χ3n) is 3.36. The highest BCUT2D eigenvalue weighted by atomic mass is 16.5. The van der Waals surface area contributed by atoms with Crippen molar-refractivity contribution in [1.82, 2.24) is 9.13 Å². The molecule has 0 radical (unpaired) electrons. The molecule has 1 fully saturated rings. The molecule has 0 aliphatic carbocycles. The van der Waals surface area contributed by atoms with Gasteiger partial charge < -0.3 is 10.1 Å². The molecule has 1 aromatic heterocycles. The Labute approximate surface area is 110 Å². The lowest BCUT2D eigenvalue weighted by atomic mass is 10.1. The summed E-state index contributed by atoms with van der Waals surface area (Å²) in [5, 5.41) is 12.1. The zero-order valence-corrected chi connectivity index (χ0v) is 11.0. The normalized spacial score (nSPS) is 18.3. The van der Waals surface area contributed by atoms with Crippen molar-refractivity contribution >= 4 is 5.82 Å². The van der Waals surface area contributed by atoms with Gasteiger partial charge in [-0.15, -0.1) is 0 Å². The molecule has 0 saturated carbocycles. The van der Waals surface area contributed by atoms with Crippen LogP contribution >= 0.6 is 0 Å². The first-order chi connectivity index (χ1) is 9.06. The number of anilines is 1. The molecule has 0 bridgehead atoms. The molecule has 2 heterocycles. The van der Waals surface area contributed by atoms with Crippen LogP contribution in [0.1, 0.15) is 12.0 Å². The molecule has 0 aromatic carbocycles. The van der Waals surface area contributed by atoms with Crippen LogP contribution in [0.25, 0.3) is 0 Å². The van der Waals surface area contributed by atoms with E-state index in [1.165, 1.54) is 18.7 Å². The van der Waals surface area contributed by atoms with Crippen molar-refractivity contribution in [1.29, 1.82) is 5.26 Å². The highest BCUT2D eigenvalue weighted by molar-refractivity contribution is 5.51. The molecule has 1 aliphatic heterocycles. The second kappa shape index (κ2) is 5.28. The van der Waals surface area contributed by atoms with Gasteiger partial charge in [0.15, 0.2) is 5.56 Å². The smallest absolute Gasteiger partial charge is 0.332 e. The van der Waals surface area contributed by atoms with E-state index in [2.05, 4.69) is 5.32 Å². The van der Waals surface area contributed by atoms with Gasteiger partial charge in [0.1, 0.15) is 11.9 Å². The topological polar surface area (TPSA) is 89.1 Å². The maximum atomic E-state index is 11.9. The van der Waals surface area contributed by atoms with Crippen LogP contribution in [0.3, 0.4) is 0 Å². The van der Waals surface area contributed by atoms with Crippen molar-refractivity contribution in [3.63, 3.8) is 0 Å². The molecule has 0 spiro atoms. The minimum atomic E-state index is -0.573. The van der Waals surface area contributed by atoms with Crippen LogP contribution in [0.15, 0.2) is 9.59 Å². The molecule has 1 N–H and O–H groups in total. The van der Waals surface area contributed by atoms with E-state index in [4.69, 9.17) is 10.00 Å². The van der Waals surface area contributed by atoms with Crippen LogP contribution < -0.4 is 16.6 Å². The second-order valence-corrected chi connectivity index (χ2v) is 4.65. The molecule has 2 rings (SSSR count). The lowest BCUT2D eigenvalue weighted by Gasteiger charge is -2.15. The Balaban J connectivity index is 2.36. The average molecular weight is 264 g/mol. The van der Waals surface area contributed by atoms with Gasteiger partial charge in [-0.2, -0.15) is 5.26 Å². The quantitative estimate of drug-likeness (QED) is 0.787. The van der Waals surface area contributed by atoms with Gasteiger partial charge in [-0.1, -0.05) is 0 Å². The second-order valence-electron chi connectivity index (χ2n) is 4.65. The van der Waals surface area contributed by atoms with E-state index < -0.39 is 11.2 Å². The zero-order valence-electron chi connectivity index (χ0n) is 11.0. The number of aromatic nitrogens is 2. The first kappa shape index (κ1) is 13.4. The summed E-state index contributed by atoms with van der Waals surface area (Å²) in [5.74, 6) is 0.619. The fourth-order valence-electron chi connectivity index (χ4n) is 2.14. The van der Waals surface area contributed by atoms with Crippen molar-refractivity contribution in [2.24, 2.45) is 20.0 Å². The molecule has 0 amide bonds. The number of nitrogens with zero attached hydrogens (tertiary/aromatic N) is 3. The van der Waals surface area contributed by atoms with E-state index in [1.54, 1.807) is 0 Å². The van der Waals surface area contributed by atoms with Gasteiger partial charge in [0.2, 0.25) is 0 Å². The monoisotopic (exact) mass is 264 g/mol. The highest BCUT2D eigenvalue weighted by Crippen LogP contribution is 2.14. The predicted octanol–water partition coefficient (Wildman–Crippen LogP) is -0.596. The molecule has 1 atom stereocenters. The van der Waals surface area contributed by atoms with Crippen molar-refractivity contribution < 1.29 is 4.74 Å². The zero-order chi connectivity index (χ0) is 14.0. The highest BCUT2D eigenvalue weighted by Gasteiger charge is 2.19. The molecule has 1 saturated heterocycles. The van der Waals surface area contributed by atoms with Crippen LogP contribution in [0, 0.1) is 17.2 Å². The van der Waals surface area contributed by atoms with Gasteiger partial charge in [0, 0.05) is 33.2 Å². The van der Waals surface area contributed by atoms with Gasteiger partial charge in [-0.3, -0.25) is 13.9 Å². The molecule has 1 aromatic rings.